The standard InChI is InChI=1S/C14H27N3.HI/c1-10(2)17-14(15-3)16-7-6-13-9-11-4-5-12(13)8-11;/h10-13H,4-9H2,1-3H3,(H2,15,16,17);1H. The van der Waals surface area contributed by atoms with Gasteiger partial charge in [-0.2, -0.15) is 0 Å². The summed E-state index contributed by atoms with van der Waals surface area (Å²) in [7, 11) is 1.84. The zero-order valence-electron chi connectivity index (χ0n) is 11.9. The van der Waals surface area contributed by atoms with E-state index in [-0.39, 0.29) is 24.0 Å². The van der Waals surface area contributed by atoms with Gasteiger partial charge in [-0.3, -0.25) is 4.99 Å². The Kier molecular flexibility index (Phi) is 6.74. The van der Waals surface area contributed by atoms with Crippen LogP contribution in [-0.2, 0) is 0 Å². The number of hydrogen-bond donors (Lipinski definition) is 2. The van der Waals surface area contributed by atoms with E-state index in [1.165, 1.54) is 32.1 Å². The van der Waals surface area contributed by atoms with Gasteiger partial charge in [-0.1, -0.05) is 6.42 Å². The van der Waals surface area contributed by atoms with Crippen molar-refractivity contribution in [2.24, 2.45) is 22.7 Å². The van der Waals surface area contributed by atoms with Crippen molar-refractivity contribution in [2.45, 2.75) is 52.0 Å². The Morgan fingerprint density at radius 2 is 2.06 bits per heavy atom. The Balaban J connectivity index is 0.00000162. The molecule has 2 saturated carbocycles. The molecule has 3 unspecified atom stereocenters. The van der Waals surface area contributed by atoms with E-state index >= 15 is 0 Å². The van der Waals surface area contributed by atoms with E-state index in [4.69, 9.17) is 0 Å². The van der Waals surface area contributed by atoms with Crippen LogP contribution < -0.4 is 10.6 Å². The van der Waals surface area contributed by atoms with Crippen molar-refractivity contribution in [3.05, 3.63) is 0 Å². The zero-order valence-corrected chi connectivity index (χ0v) is 14.2. The van der Waals surface area contributed by atoms with Crippen LogP contribution in [0, 0.1) is 17.8 Å². The molecule has 0 spiro atoms. The number of nitrogens with zero attached hydrogens (tertiary/aromatic N) is 1. The van der Waals surface area contributed by atoms with E-state index in [9.17, 15) is 0 Å². The monoisotopic (exact) mass is 365 g/mol. The van der Waals surface area contributed by atoms with Gasteiger partial charge in [0, 0.05) is 19.6 Å². The summed E-state index contributed by atoms with van der Waals surface area (Å²) in [5.74, 6) is 4.04. The number of aliphatic imine (C=N–C) groups is 1. The highest BCUT2D eigenvalue weighted by molar-refractivity contribution is 14.0. The summed E-state index contributed by atoms with van der Waals surface area (Å²) in [5.41, 5.74) is 0. The van der Waals surface area contributed by atoms with Crippen molar-refractivity contribution in [2.75, 3.05) is 13.6 Å². The van der Waals surface area contributed by atoms with Crippen LogP contribution in [0.4, 0.5) is 0 Å². The summed E-state index contributed by atoms with van der Waals surface area (Å²) in [6, 6.07) is 0.448. The minimum Gasteiger partial charge on any atom is -0.356 e. The number of nitrogens with one attached hydrogen (secondary N) is 2. The van der Waals surface area contributed by atoms with Crippen LogP contribution in [0.5, 0.6) is 0 Å². The minimum atomic E-state index is 0. The van der Waals surface area contributed by atoms with E-state index in [2.05, 4.69) is 29.5 Å². The van der Waals surface area contributed by atoms with Crippen LogP contribution in [0.3, 0.4) is 0 Å². The van der Waals surface area contributed by atoms with E-state index in [0.717, 1.165) is 30.3 Å². The van der Waals surface area contributed by atoms with Crippen molar-refractivity contribution < 1.29 is 0 Å². The molecule has 4 heteroatoms. The maximum atomic E-state index is 4.23. The van der Waals surface area contributed by atoms with Crippen molar-refractivity contribution >= 4 is 29.9 Å². The van der Waals surface area contributed by atoms with Crippen LogP contribution in [-0.4, -0.2) is 25.6 Å². The lowest BCUT2D eigenvalue weighted by atomic mass is 9.86. The highest BCUT2D eigenvalue weighted by atomic mass is 127. The Morgan fingerprint density at radius 3 is 2.56 bits per heavy atom. The molecule has 2 rings (SSSR count). The second-order valence-corrected chi connectivity index (χ2v) is 6.02. The first-order chi connectivity index (χ1) is 8.19. The molecule has 0 amide bonds. The van der Waals surface area contributed by atoms with Crippen molar-refractivity contribution in [3.63, 3.8) is 0 Å². The summed E-state index contributed by atoms with van der Waals surface area (Å²) in [6.45, 7) is 5.35. The minimum absolute atomic E-state index is 0. The van der Waals surface area contributed by atoms with Gasteiger partial charge in [0.15, 0.2) is 5.96 Å². The van der Waals surface area contributed by atoms with Crippen LogP contribution in [0.15, 0.2) is 4.99 Å². The van der Waals surface area contributed by atoms with Gasteiger partial charge in [-0.15, -0.1) is 24.0 Å². The molecular weight excluding hydrogens is 337 g/mol. The molecule has 0 heterocycles. The quantitative estimate of drug-likeness (QED) is 0.457. The molecule has 106 valence electrons. The molecule has 0 aromatic heterocycles. The Morgan fingerprint density at radius 1 is 1.28 bits per heavy atom. The highest BCUT2D eigenvalue weighted by Gasteiger charge is 2.38. The number of rotatable bonds is 4. The van der Waals surface area contributed by atoms with Crippen molar-refractivity contribution in [1.82, 2.24) is 10.6 Å². The average Bonchev–Trinajstić information content (AvgIpc) is 2.89. The van der Waals surface area contributed by atoms with Gasteiger partial charge in [0.1, 0.15) is 0 Å². The molecule has 0 saturated heterocycles. The normalized spacial score (nSPS) is 30.4. The first-order valence-electron chi connectivity index (χ1n) is 7.16. The summed E-state index contributed by atoms with van der Waals surface area (Å²) in [4.78, 5) is 4.23. The summed E-state index contributed by atoms with van der Waals surface area (Å²) in [6.07, 6.45) is 7.33. The number of halogens is 1. The van der Waals surface area contributed by atoms with E-state index in [1.807, 2.05) is 7.05 Å². The molecule has 18 heavy (non-hydrogen) atoms. The summed E-state index contributed by atoms with van der Waals surface area (Å²) < 4.78 is 0. The maximum Gasteiger partial charge on any atom is 0.191 e. The molecular formula is C14H28IN3. The first-order valence-corrected chi connectivity index (χ1v) is 7.16. The third-order valence-electron chi connectivity index (χ3n) is 4.34. The van der Waals surface area contributed by atoms with Crippen LogP contribution in [0.2, 0.25) is 0 Å². The second kappa shape index (κ2) is 7.56. The second-order valence-electron chi connectivity index (χ2n) is 6.02. The Bertz CT molecular complexity index is 278. The molecule has 3 atom stereocenters. The average molecular weight is 365 g/mol. The highest BCUT2D eigenvalue weighted by Crippen LogP contribution is 2.49. The third-order valence-corrected chi connectivity index (χ3v) is 4.34. The van der Waals surface area contributed by atoms with Gasteiger partial charge in [0.05, 0.1) is 0 Å². The fourth-order valence-electron chi connectivity index (χ4n) is 3.57. The predicted molar refractivity (Wildman–Crippen MR) is 88.6 cm³/mol. The first kappa shape index (κ1) is 16.1. The van der Waals surface area contributed by atoms with Crippen molar-refractivity contribution in [1.29, 1.82) is 0 Å². The van der Waals surface area contributed by atoms with Gasteiger partial charge in [0.25, 0.3) is 0 Å². The third kappa shape index (κ3) is 4.28. The Hall–Kier alpha value is 0. The maximum absolute atomic E-state index is 4.23. The molecule has 0 aliphatic heterocycles. The summed E-state index contributed by atoms with van der Waals surface area (Å²) in [5, 5.41) is 6.75. The SMILES string of the molecule is CN=C(NCCC1CC2CCC1C2)NC(C)C.I. The van der Waals surface area contributed by atoms with Gasteiger partial charge < -0.3 is 10.6 Å². The van der Waals surface area contributed by atoms with Crippen molar-refractivity contribution in [3.8, 4) is 0 Å². The largest absolute Gasteiger partial charge is 0.356 e. The molecule has 2 aliphatic carbocycles. The fraction of sp³-hybridized carbons (Fsp3) is 0.929. The van der Waals surface area contributed by atoms with Crippen LogP contribution >= 0.6 is 24.0 Å². The lowest BCUT2D eigenvalue weighted by Gasteiger charge is -2.22. The van der Waals surface area contributed by atoms with Crippen LogP contribution in [0.25, 0.3) is 0 Å². The van der Waals surface area contributed by atoms with Gasteiger partial charge >= 0.3 is 0 Å². The number of guanidine groups is 1. The molecule has 2 N–H and O–H groups in total. The molecule has 2 aliphatic rings. The van der Waals surface area contributed by atoms with Gasteiger partial charge in [-0.25, -0.2) is 0 Å². The molecule has 2 fully saturated rings. The molecule has 0 aromatic rings. The summed E-state index contributed by atoms with van der Waals surface area (Å²) >= 11 is 0. The molecule has 0 aromatic carbocycles. The number of fused-ring (bicyclic) bond motifs is 2. The van der Waals surface area contributed by atoms with E-state index < -0.39 is 0 Å². The van der Waals surface area contributed by atoms with E-state index in [0.29, 0.717) is 6.04 Å². The van der Waals surface area contributed by atoms with Gasteiger partial charge in [-0.05, 0) is 57.3 Å². The molecule has 3 nitrogen and oxygen atoms in total. The lowest BCUT2D eigenvalue weighted by molar-refractivity contribution is 0.315. The fourth-order valence-corrected chi connectivity index (χ4v) is 3.57. The van der Waals surface area contributed by atoms with Crippen LogP contribution in [0.1, 0.15) is 46.0 Å². The van der Waals surface area contributed by atoms with E-state index in [1.54, 1.807) is 0 Å². The lowest BCUT2D eigenvalue weighted by Crippen LogP contribution is -2.41. The molecule has 2 bridgehead atoms. The smallest absolute Gasteiger partial charge is 0.191 e. The topological polar surface area (TPSA) is 36.4 Å². The predicted octanol–water partition coefficient (Wildman–Crippen LogP) is 3.00. The Labute approximate surface area is 129 Å². The number of hydrogen-bond acceptors (Lipinski definition) is 1. The molecule has 0 radical (unpaired) electrons. The zero-order chi connectivity index (χ0) is 12.3. The van der Waals surface area contributed by atoms with Gasteiger partial charge in [0.2, 0.25) is 0 Å².